The summed E-state index contributed by atoms with van der Waals surface area (Å²) in [6.45, 7) is 8.29. The number of carbonyl (C=O) groups excluding carboxylic acids is 2. The van der Waals surface area contributed by atoms with Gasteiger partial charge in [0.15, 0.2) is 0 Å². The molecule has 10 heteroatoms. The molecule has 0 saturated carbocycles. The van der Waals surface area contributed by atoms with Crippen molar-refractivity contribution in [2.24, 2.45) is 11.1 Å². The Morgan fingerprint density at radius 2 is 1.72 bits per heavy atom. The fraction of sp³-hybridized carbons (Fsp3) is 0.517. The number of carbonyl (C=O) groups is 2. The van der Waals surface area contributed by atoms with E-state index in [1.54, 1.807) is 0 Å². The molecular weight excluding hydrogens is 506 g/mol. The van der Waals surface area contributed by atoms with Crippen LogP contribution in [0.25, 0.3) is 0 Å². The second-order valence-electron chi connectivity index (χ2n) is 10.9. The van der Waals surface area contributed by atoms with E-state index in [-0.39, 0.29) is 50.1 Å². The van der Waals surface area contributed by atoms with Gasteiger partial charge in [-0.25, -0.2) is 8.78 Å². The summed E-state index contributed by atoms with van der Waals surface area (Å²) in [7, 11) is 0. The van der Waals surface area contributed by atoms with Crippen molar-refractivity contribution in [1.82, 2.24) is 16.0 Å². The highest BCUT2D eigenvalue weighted by molar-refractivity contribution is 5.81. The molecule has 2 amide bonds. The minimum Gasteiger partial charge on any atom is -0.382 e. The molecule has 6 N–H and O–H groups in total. The molecule has 0 aromatic heterocycles. The van der Waals surface area contributed by atoms with Crippen LogP contribution < -0.4 is 21.7 Å². The normalized spacial score (nSPS) is 14.1. The van der Waals surface area contributed by atoms with E-state index in [4.69, 9.17) is 10.5 Å². The topological polar surface area (TPSA) is 126 Å². The van der Waals surface area contributed by atoms with Gasteiger partial charge in [-0.2, -0.15) is 0 Å². The van der Waals surface area contributed by atoms with Crippen LogP contribution in [0.2, 0.25) is 0 Å². The zero-order valence-electron chi connectivity index (χ0n) is 23.2. The van der Waals surface area contributed by atoms with Crippen molar-refractivity contribution in [3.8, 4) is 0 Å². The Morgan fingerprint density at radius 1 is 1.05 bits per heavy atom. The van der Waals surface area contributed by atoms with Gasteiger partial charge < -0.3 is 31.5 Å². The monoisotopic (exact) mass is 548 g/mol. The Balaban J connectivity index is 1.78. The highest BCUT2D eigenvalue weighted by Gasteiger charge is 2.27. The highest BCUT2D eigenvalue weighted by atomic mass is 19.1. The second kappa shape index (κ2) is 15.6. The third-order valence-electron chi connectivity index (χ3n) is 6.08. The molecule has 0 aliphatic carbocycles. The summed E-state index contributed by atoms with van der Waals surface area (Å²) in [6, 6.07) is 11.5. The molecule has 0 aliphatic heterocycles. The zero-order valence-corrected chi connectivity index (χ0v) is 23.2. The maximum atomic E-state index is 14.1. The van der Waals surface area contributed by atoms with Crippen molar-refractivity contribution >= 4 is 11.8 Å². The van der Waals surface area contributed by atoms with Gasteiger partial charge in [-0.1, -0.05) is 58.0 Å². The Labute approximate surface area is 229 Å². The molecule has 8 nitrogen and oxygen atoms in total. The average molecular weight is 549 g/mol. The number of hydrogen-bond donors (Lipinski definition) is 5. The predicted octanol–water partition coefficient (Wildman–Crippen LogP) is 2.43. The van der Waals surface area contributed by atoms with Gasteiger partial charge in [0, 0.05) is 31.6 Å². The lowest BCUT2D eigenvalue weighted by molar-refractivity contribution is -0.131. The second-order valence-corrected chi connectivity index (χ2v) is 10.9. The van der Waals surface area contributed by atoms with Crippen LogP contribution in [0.5, 0.6) is 0 Å². The van der Waals surface area contributed by atoms with Crippen molar-refractivity contribution in [3.05, 3.63) is 71.3 Å². The Morgan fingerprint density at radius 3 is 2.38 bits per heavy atom. The number of aliphatic hydroxyl groups excluding tert-OH is 1. The van der Waals surface area contributed by atoms with Gasteiger partial charge in [-0.3, -0.25) is 9.59 Å². The Hall–Kier alpha value is -2.92. The SMILES string of the molecule is CC(C)NC(CC(=O)NCC(C)(C)CNC(=O)C(O)C(N)COCc1ccccc1)Cc1cc(F)ccc1F. The fourth-order valence-corrected chi connectivity index (χ4v) is 3.93. The molecule has 39 heavy (non-hydrogen) atoms. The summed E-state index contributed by atoms with van der Waals surface area (Å²) in [6.07, 6.45) is -1.23. The third-order valence-corrected chi connectivity index (χ3v) is 6.08. The minimum absolute atomic E-state index is 0.00797. The van der Waals surface area contributed by atoms with Crippen LogP contribution in [0.3, 0.4) is 0 Å². The minimum atomic E-state index is -1.45. The van der Waals surface area contributed by atoms with Gasteiger partial charge in [0.05, 0.1) is 19.3 Å². The van der Waals surface area contributed by atoms with Crippen LogP contribution in [0.4, 0.5) is 8.78 Å². The average Bonchev–Trinajstić information content (AvgIpc) is 2.88. The first-order valence-electron chi connectivity index (χ1n) is 13.2. The van der Waals surface area contributed by atoms with Crippen LogP contribution in [-0.4, -0.2) is 60.8 Å². The number of aliphatic hydroxyl groups is 1. The van der Waals surface area contributed by atoms with Gasteiger partial charge >= 0.3 is 0 Å². The molecule has 0 heterocycles. The quantitative estimate of drug-likeness (QED) is 0.219. The summed E-state index contributed by atoms with van der Waals surface area (Å²) >= 11 is 0. The summed E-state index contributed by atoms with van der Waals surface area (Å²) < 4.78 is 33.2. The molecule has 3 unspecified atom stereocenters. The molecule has 0 aliphatic rings. The van der Waals surface area contributed by atoms with E-state index in [1.807, 2.05) is 58.0 Å². The van der Waals surface area contributed by atoms with Crippen molar-refractivity contribution in [2.75, 3.05) is 19.7 Å². The molecule has 2 aromatic rings. The largest absolute Gasteiger partial charge is 0.382 e. The molecule has 3 atom stereocenters. The number of hydrogen-bond acceptors (Lipinski definition) is 6. The highest BCUT2D eigenvalue weighted by Crippen LogP contribution is 2.15. The molecule has 0 fully saturated rings. The van der Waals surface area contributed by atoms with Crippen LogP contribution >= 0.6 is 0 Å². The summed E-state index contributed by atoms with van der Waals surface area (Å²) in [5.74, 6) is -1.94. The molecule has 0 saturated heterocycles. The number of nitrogens with one attached hydrogen (secondary N) is 3. The van der Waals surface area contributed by atoms with Gasteiger partial charge in [-0.05, 0) is 41.2 Å². The molecule has 0 radical (unpaired) electrons. The number of nitrogens with two attached hydrogens (primary N) is 1. The number of benzene rings is 2. The predicted molar refractivity (Wildman–Crippen MR) is 147 cm³/mol. The number of amides is 2. The van der Waals surface area contributed by atoms with E-state index in [0.29, 0.717) is 6.61 Å². The van der Waals surface area contributed by atoms with Gasteiger partial charge in [-0.15, -0.1) is 0 Å². The molecular formula is C29H42F2N4O4. The number of ether oxygens (including phenoxy) is 1. The van der Waals surface area contributed by atoms with E-state index in [2.05, 4.69) is 16.0 Å². The van der Waals surface area contributed by atoms with Gasteiger partial charge in [0.25, 0.3) is 5.91 Å². The third kappa shape index (κ3) is 12.2. The maximum absolute atomic E-state index is 14.1. The van der Waals surface area contributed by atoms with E-state index in [0.717, 1.165) is 23.8 Å². The van der Waals surface area contributed by atoms with Crippen LogP contribution in [0.15, 0.2) is 48.5 Å². The van der Waals surface area contributed by atoms with Crippen molar-refractivity contribution in [2.45, 2.75) is 71.4 Å². The molecule has 0 spiro atoms. The molecule has 2 rings (SSSR count). The van der Waals surface area contributed by atoms with Crippen molar-refractivity contribution in [3.63, 3.8) is 0 Å². The summed E-state index contributed by atoms with van der Waals surface area (Å²) in [5.41, 5.74) is 6.56. The lowest BCUT2D eigenvalue weighted by atomic mass is 9.93. The van der Waals surface area contributed by atoms with E-state index < -0.39 is 41.1 Å². The van der Waals surface area contributed by atoms with Crippen LogP contribution in [-0.2, 0) is 27.4 Å². The molecule has 216 valence electrons. The zero-order chi connectivity index (χ0) is 29.0. The first-order valence-corrected chi connectivity index (χ1v) is 13.2. The lowest BCUT2D eigenvalue weighted by Crippen LogP contribution is -2.51. The Bertz CT molecular complexity index is 1050. The van der Waals surface area contributed by atoms with Crippen LogP contribution in [0, 0.1) is 17.0 Å². The number of halogens is 2. The van der Waals surface area contributed by atoms with Crippen molar-refractivity contribution in [1.29, 1.82) is 0 Å². The van der Waals surface area contributed by atoms with E-state index >= 15 is 0 Å². The van der Waals surface area contributed by atoms with E-state index in [1.165, 1.54) is 0 Å². The number of rotatable bonds is 16. The smallest absolute Gasteiger partial charge is 0.250 e. The Kier molecular flexibility index (Phi) is 12.9. The molecule has 2 aromatic carbocycles. The van der Waals surface area contributed by atoms with Gasteiger partial charge in [0.1, 0.15) is 17.7 Å². The maximum Gasteiger partial charge on any atom is 0.250 e. The van der Waals surface area contributed by atoms with Crippen molar-refractivity contribution < 1.29 is 28.2 Å². The molecule has 0 bridgehead atoms. The first kappa shape index (κ1) is 32.3. The standard InChI is InChI=1S/C29H42F2N4O4/c1-19(2)35-23(13-21-12-22(30)10-11-24(21)31)14-26(36)33-17-29(3,4)18-34-28(38)27(37)25(32)16-39-15-20-8-6-5-7-9-20/h5-12,19,23,25,27,35,37H,13-18,32H2,1-4H3,(H,33,36)(H,34,38). The fourth-order valence-electron chi connectivity index (χ4n) is 3.93. The summed E-state index contributed by atoms with van der Waals surface area (Å²) in [5, 5.41) is 19.0. The van der Waals surface area contributed by atoms with E-state index in [9.17, 15) is 23.5 Å². The van der Waals surface area contributed by atoms with Gasteiger partial charge in [0.2, 0.25) is 5.91 Å². The first-order chi connectivity index (χ1) is 18.4. The van der Waals surface area contributed by atoms with Crippen LogP contribution in [0.1, 0.15) is 45.2 Å². The summed E-state index contributed by atoms with van der Waals surface area (Å²) in [4.78, 5) is 25.1. The lowest BCUT2D eigenvalue weighted by Gasteiger charge is -2.27.